The molecule has 7 rings (SSSR count). The summed E-state index contributed by atoms with van der Waals surface area (Å²) in [4.78, 5) is 0. The van der Waals surface area contributed by atoms with E-state index in [9.17, 15) is 21.8 Å². The van der Waals surface area contributed by atoms with Crippen LogP contribution in [-0.4, -0.2) is 18.2 Å². The third-order valence-electron chi connectivity index (χ3n) is 12.9. The Morgan fingerprint density at radius 3 is 1.31 bits per heavy atom. The van der Waals surface area contributed by atoms with Crippen molar-refractivity contribution in [1.29, 1.82) is 0 Å². The van der Waals surface area contributed by atoms with Crippen molar-refractivity contribution in [2.75, 3.05) is 0 Å². The summed E-state index contributed by atoms with van der Waals surface area (Å²) in [5.74, 6) is 3.22. The van der Waals surface area contributed by atoms with Crippen LogP contribution in [0.3, 0.4) is 0 Å². The number of rotatable bonds is 6. The maximum atomic E-state index is 13.5. The van der Waals surface area contributed by atoms with Crippen molar-refractivity contribution in [3.05, 3.63) is 89.5 Å². The molecule has 0 aromatic heterocycles. The second-order valence-corrected chi connectivity index (χ2v) is 23.3. The van der Waals surface area contributed by atoms with Gasteiger partial charge in [0, 0.05) is 6.42 Å². The zero-order valence-electron chi connectivity index (χ0n) is 32.1. The highest BCUT2D eigenvalue weighted by Crippen LogP contribution is 2.69. The predicted octanol–water partition coefficient (Wildman–Crippen LogP) is 9.90. The van der Waals surface area contributed by atoms with Crippen LogP contribution in [0.2, 0.25) is 0 Å². The van der Waals surface area contributed by atoms with E-state index in [0.717, 1.165) is 12.3 Å². The van der Waals surface area contributed by atoms with Crippen LogP contribution in [0, 0.1) is 41.4 Å². The number of fused-ring (bicyclic) bond motifs is 9. The van der Waals surface area contributed by atoms with Gasteiger partial charge >= 0.3 is 5.25 Å². The van der Waals surface area contributed by atoms with Gasteiger partial charge in [-0.25, -0.2) is 8.42 Å². The highest BCUT2D eigenvalue weighted by molar-refractivity contribution is 7.86. The Bertz CT molecular complexity index is 1640. The van der Waals surface area contributed by atoms with E-state index in [-0.39, 0.29) is 28.1 Å². The van der Waals surface area contributed by atoms with Crippen molar-refractivity contribution in [3.63, 3.8) is 0 Å². The molecule has 278 valence electrons. The van der Waals surface area contributed by atoms with E-state index in [0.29, 0.717) is 30.1 Å². The Balaban J connectivity index is 0.000000191. The lowest BCUT2D eigenvalue weighted by Crippen LogP contribution is -2.37. The van der Waals surface area contributed by atoms with E-state index < -0.39 is 29.7 Å². The highest BCUT2D eigenvalue weighted by Gasteiger charge is 2.63. The minimum atomic E-state index is -5.52. The molecule has 3 aromatic rings. The van der Waals surface area contributed by atoms with Crippen molar-refractivity contribution < 1.29 is 21.8 Å². The molecule has 4 aliphatic rings. The van der Waals surface area contributed by atoms with E-state index in [1.54, 1.807) is 0 Å². The summed E-state index contributed by atoms with van der Waals surface area (Å²) in [7, 11) is -6.58. The van der Waals surface area contributed by atoms with Crippen molar-refractivity contribution in [2.24, 2.45) is 41.4 Å². The Labute approximate surface area is 307 Å². The Morgan fingerprint density at radius 2 is 0.961 bits per heavy atom. The Kier molecular flexibility index (Phi) is 10.3. The minimum Gasteiger partial charge on any atom is -0.743 e. The van der Waals surface area contributed by atoms with Crippen LogP contribution in [0.15, 0.2) is 72.8 Å². The van der Waals surface area contributed by atoms with Crippen molar-refractivity contribution in [2.45, 2.75) is 122 Å². The zero-order chi connectivity index (χ0) is 37.3. The molecular formula is C44H59F2O3PS. The number of halogens is 2. The smallest absolute Gasteiger partial charge is 0.334 e. The van der Waals surface area contributed by atoms with Gasteiger partial charge in [0.25, 0.3) is 0 Å². The van der Waals surface area contributed by atoms with Crippen LogP contribution in [0.5, 0.6) is 0 Å². The standard InChI is InChI=1S/C30H39P.C14H20F2O3S/c1-28(2,3)22-10-16-25(17-11-22)31(26-18-12-23(13-19-26)29(4,5)6)27-20-14-24(15-21-27)30(7,8)9;15-14(16,20(17,18)19)6-10-4-9-5-11(10)13-8-2-1-7(3-8)12(9)13/h10-21H,1-9H3;7-13H,1-6H2,(H,17,18,19). The van der Waals surface area contributed by atoms with Crippen molar-refractivity contribution in [3.8, 4) is 0 Å². The van der Waals surface area contributed by atoms with E-state index in [4.69, 9.17) is 0 Å². The maximum absolute atomic E-state index is 13.5. The van der Waals surface area contributed by atoms with Gasteiger partial charge in [0.15, 0.2) is 10.1 Å². The molecule has 0 saturated heterocycles. The normalized spacial score (nSPS) is 27.4. The van der Waals surface area contributed by atoms with Gasteiger partial charge in [0.2, 0.25) is 0 Å². The SMILES string of the molecule is CC(C)(C)c1ccc([PH+](c2ccc(C(C)(C)C)cc2)c2ccc(C(C)(C)C)cc2)cc1.O=S(=O)([O-])C(F)(F)CC1CC2CC1C1C3CCC(C3)C21. The van der Waals surface area contributed by atoms with Crippen LogP contribution in [0.25, 0.3) is 0 Å². The fourth-order valence-corrected chi connectivity index (χ4v) is 13.2. The fourth-order valence-electron chi connectivity index (χ4n) is 10.3. The van der Waals surface area contributed by atoms with Crippen molar-refractivity contribution in [1.82, 2.24) is 0 Å². The lowest BCUT2D eigenvalue weighted by atomic mass is 9.67. The summed E-state index contributed by atoms with van der Waals surface area (Å²) in [6, 6.07) is 28.2. The second-order valence-electron chi connectivity index (χ2n) is 19.3. The van der Waals surface area contributed by atoms with Gasteiger partial charge < -0.3 is 4.55 Å². The van der Waals surface area contributed by atoms with Crippen LogP contribution < -0.4 is 15.9 Å². The van der Waals surface area contributed by atoms with Crippen LogP contribution in [0.1, 0.15) is 118 Å². The lowest BCUT2D eigenvalue weighted by Gasteiger charge is -2.39. The predicted molar refractivity (Wildman–Crippen MR) is 209 cm³/mol. The quantitative estimate of drug-likeness (QED) is 0.144. The van der Waals surface area contributed by atoms with Gasteiger partial charge in [-0.3, -0.25) is 0 Å². The molecule has 0 heterocycles. The molecule has 51 heavy (non-hydrogen) atoms. The molecule has 0 aliphatic heterocycles. The first-order valence-corrected chi connectivity index (χ1v) is 22.0. The summed E-state index contributed by atoms with van der Waals surface area (Å²) in [5.41, 5.74) is 4.70. The summed E-state index contributed by atoms with van der Waals surface area (Å²) in [6.45, 7) is 20.5. The first-order chi connectivity index (χ1) is 23.5. The number of hydrogen-bond donors (Lipinski definition) is 0. The average Bonchev–Trinajstić information content (AvgIpc) is 3.82. The van der Waals surface area contributed by atoms with E-state index in [1.165, 1.54) is 51.9 Å². The number of benzene rings is 3. The molecule has 3 nitrogen and oxygen atoms in total. The zero-order valence-corrected chi connectivity index (χ0v) is 33.9. The van der Waals surface area contributed by atoms with Gasteiger partial charge in [0.05, 0.1) is 7.92 Å². The topological polar surface area (TPSA) is 57.2 Å². The van der Waals surface area contributed by atoms with E-state index in [1.807, 2.05) is 0 Å². The molecule has 0 spiro atoms. The second kappa shape index (κ2) is 13.6. The van der Waals surface area contributed by atoms with Gasteiger partial charge in [-0.1, -0.05) is 98.7 Å². The summed E-state index contributed by atoms with van der Waals surface area (Å²) in [5, 5.41) is 0.259. The Morgan fingerprint density at radius 1 is 0.588 bits per heavy atom. The van der Waals surface area contributed by atoms with Crippen LogP contribution >= 0.6 is 7.92 Å². The van der Waals surface area contributed by atoms with Crippen molar-refractivity contribution >= 4 is 34.0 Å². The molecule has 4 saturated carbocycles. The molecular weight excluding hydrogens is 678 g/mol. The molecule has 7 atom stereocenters. The molecule has 7 unspecified atom stereocenters. The molecule has 0 N–H and O–H groups in total. The monoisotopic (exact) mass is 736 g/mol. The van der Waals surface area contributed by atoms with Crippen LogP contribution in [-0.2, 0) is 26.4 Å². The summed E-state index contributed by atoms with van der Waals surface area (Å²) >= 11 is 0. The molecule has 4 fully saturated rings. The number of hydrogen-bond acceptors (Lipinski definition) is 3. The maximum Gasteiger partial charge on any atom is 0.334 e. The number of alkyl halides is 2. The van der Waals surface area contributed by atoms with E-state index >= 15 is 0 Å². The minimum absolute atomic E-state index is 0.175. The molecule has 7 heteroatoms. The third-order valence-corrected chi connectivity index (χ3v) is 16.5. The van der Waals surface area contributed by atoms with Crippen LogP contribution in [0.4, 0.5) is 8.78 Å². The highest BCUT2D eigenvalue weighted by atomic mass is 32.2. The first kappa shape index (κ1) is 38.6. The average molecular weight is 737 g/mol. The lowest BCUT2D eigenvalue weighted by molar-refractivity contribution is 0.0178. The molecule has 4 bridgehead atoms. The van der Waals surface area contributed by atoms with Gasteiger partial charge in [0.1, 0.15) is 15.9 Å². The molecule has 3 aromatic carbocycles. The summed E-state index contributed by atoms with van der Waals surface area (Å²) in [6.07, 6.45) is 4.72. The molecule has 0 amide bonds. The Hall–Kier alpha value is -2.14. The third kappa shape index (κ3) is 7.90. The van der Waals surface area contributed by atoms with Gasteiger partial charge in [-0.2, -0.15) is 8.78 Å². The fraction of sp³-hybridized carbons (Fsp3) is 0.591. The molecule has 0 radical (unpaired) electrons. The largest absolute Gasteiger partial charge is 0.743 e. The van der Waals surface area contributed by atoms with Gasteiger partial charge in [-0.15, -0.1) is 0 Å². The first-order valence-electron chi connectivity index (χ1n) is 19.1. The van der Waals surface area contributed by atoms with Gasteiger partial charge in [-0.05, 0) is 143 Å². The molecule has 4 aliphatic carbocycles. The van der Waals surface area contributed by atoms with E-state index in [2.05, 4.69) is 135 Å². The summed E-state index contributed by atoms with van der Waals surface area (Å²) < 4.78 is 59.2.